The summed E-state index contributed by atoms with van der Waals surface area (Å²) in [5, 5.41) is 3.41. The van der Waals surface area contributed by atoms with Crippen molar-refractivity contribution < 1.29 is 9.53 Å². The number of hydrogen-bond donors (Lipinski definition) is 1. The Hall–Kier alpha value is -2.30. The third-order valence-electron chi connectivity index (χ3n) is 3.75. The molecule has 5 heteroatoms. The smallest absolute Gasteiger partial charge is 0.328 e. The van der Waals surface area contributed by atoms with E-state index in [0.29, 0.717) is 0 Å². The fourth-order valence-electron chi connectivity index (χ4n) is 2.66. The number of para-hydroxylation sites is 1. The number of ether oxygens (including phenoxy) is 1. The number of fused-ring (bicyclic) bond motifs is 1. The van der Waals surface area contributed by atoms with E-state index in [2.05, 4.69) is 22.4 Å². The summed E-state index contributed by atoms with van der Waals surface area (Å²) in [6.07, 6.45) is 4.49. The first kappa shape index (κ1) is 12.7. The van der Waals surface area contributed by atoms with Crippen LogP contribution in [0, 0.1) is 0 Å². The quantitative estimate of drug-likeness (QED) is 0.870. The number of methoxy groups -OCH3 is 1. The normalized spacial score (nSPS) is 14.5. The van der Waals surface area contributed by atoms with E-state index >= 15 is 0 Å². The van der Waals surface area contributed by atoms with Gasteiger partial charge in [-0.3, -0.25) is 0 Å². The molecule has 0 saturated carbocycles. The first-order chi connectivity index (χ1) is 9.72. The van der Waals surface area contributed by atoms with E-state index in [-0.39, 0.29) is 5.97 Å². The number of rotatable bonds is 3. The summed E-state index contributed by atoms with van der Waals surface area (Å²) in [4.78, 5) is 15.9. The molecule has 1 N–H and O–H groups in total. The predicted molar refractivity (Wildman–Crippen MR) is 76.6 cm³/mol. The minimum absolute atomic E-state index is 0.273. The van der Waals surface area contributed by atoms with Gasteiger partial charge in [-0.15, -0.1) is 0 Å². The van der Waals surface area contributed by atoms with Crippen molar-refractivity contribution in [3.63, 3.8) is 0 Å². The van der Waals surface area contributed by atoms with Crippen LogP contribution < -0.4 is 5.32 Å². The second-order valence-electron chi connectivity index (χ2n) is 4.90. The lowest BCUT2D eigenvalue weighted by Crippen LogP contribution is -2.18. The number of carbonyl (C=O) groups is 1. The van der Waals surface area contributed by atoms with Gasteiger partial charge in [0.15, 0.2) is 0 Å². The summed E-state index contributed by atoms with van der Waals surface area (Å²) in [6, 6.07) is 5.83. The third kappa shape index (κ3) is 1.95. The van der Waals surface area contributed by atoms with Gasteiger partial charge in [-0.1, -0.05) is 18.2 Å². The van der Waals surface area contributed by atoms with Crippen LogP contribution in [0.3, 0.4) is 0 Å². The first-order valence-electron chi connectivity index (χ1n) is 6.68. The van der Waals surface area contributed by atoms with E-state index < -0.39 is 6.04 Å². The van der Waals surface area contributed by atoms with Crippen molar-refractivity contribution in [1.82, 2.24) is 9.55 Å². The fourth-order valence-corrected chi connectivity index (χ4v) is 2.66. The maximum absolute atomic E-state index is 11.7. The summed E-state index contributed by atoms with van der Waals surface area (Å²) in [6.45, 7) is 2.76. The van der Waals surface area contributed by atoms with Crippen LogP contribution in [-0.2, 0) is 16.0 Å². The van der Waals surface area contributed by atoms with Gasteiger partial charge in [0.2, 0.25) is 0 Å². The monoisotopic (exact) mass is 271 g/mol. The Morgan fingerprint density at radius 3 is 3.15 bits per heavy atom. The maximum atomic E-state index is 11.7. The van der Waals surface area contributed by atoms with E-state index in [9.17, 15) is 4.79 Å². The van der Waals surface area contributed by atoms with Gasteiger partial charge in [0.25, 0.3) is 0 Å². The molecule has 1 aliphatic heterocycles. The molecule has 0 amide bonds. The molecule has 20 heavy (non-hydrogen) atoms. The van der Waals surface area contributed by atoms with E-state index in [0.717, 1.165) is 29.9 Å². The zero-order valence-electron chi connectivity index (χ0n) is 11.6. The lowest BCUT2D eigenvalue weighted by molar-refractivity contribution is -0.143. The number of hydrogen-bond acceptors (Lipinski definition) is 4. The van der Waals surface area contributed by atoms with Crippen molar-refractivity contribution in [2.45, 2.75) is 19.4 Å². The summed E-state index contributed by atoms with van der Waals surface area (Å²) in [5.74, 6) is -0.273. The highest BCUT2D eigenvalue weighted by molar-refractivity contribution is 5.81. The van der Waals surface area contributed by atoms with E-state index in [1.165, 1.54) is 12.7 Å². The SMILES string of the molecule is COC(=O)C(C)n1cncc1-c1cccc2c1NCC2. The summed E-state index contributed by atoms with van der Waals surface area (Å²) in [7, 11) is 1.40. The zero-order chi connectivity index (χ0) is 14.1. The van der Waals surface area contributed by atoms with Crippen LogP contribution in [0.5, 0.6) is 0 Å². The van der Waals surface area contributed by atoms with E-state index in [4.69, 9.17) is 4.74 Å². The standard InChI is InChI=1S/C15H17N3O2/c1-10(15(19)20-2)18-9-16-8-13(18)12-5-3-4-11-6-7-17-14(11)12/h3-5,8-10,17H,6-7H2,1-2H3. The molecule has 1 unspecified atom stereocenters. The van der Waals surface area contributed by atoms with Gasteiger partial charge in [-0.2, -0.15) is 0 Å². The lowest BCUT2D eigenvalue weighted by atomic mass is 10.0. The molecule has 0 spiro atoms. The molecule has 5 nitrogen and oxygen atoms in total. The van der Waals surface area contributed by atoms with Gasteiger partial charge < -0.3 is 14.6 Å². The number of nitrogens with zero attached hydrogens (tertiary/aromatic N) is 2. The third-order valence-corrected chi connectivity index (χ3v) is 3.75. The Balaban J connectivity index is 2.07. The van der Waals surface area contributed by atoms with Gasteiger partial charge in [-0.25, -0.2) is 9.78 Å². The van der Waals surface area contributed by atoms with Gasteiger partial charge in [0.05, 0.1) is 25.3 Å². The summed E-state index contributed by atoms with van der Waals surface area (Å²) in [5.41, 5.74) is 4.45. The molecule has 1 aliphatic rings. The van der Waals surface area contributed by atoms with Gasteiger partial charge in [-0.05, 0) is 18.9 Å². The number of aromatic nitrogens is 2. The molecule has 1 aromatic heterocycles. The molecule has 1 atom stereocenters. The van der Waals surface area contributed by atoms with Crippen molar-refractivity contribution in [2.24, 2.45) is 0 Å². The zero-order valence-corrected chi connectivity index (χ0v) is 11.6. The molecule has 1 aromatic carbocycles. The fraction of sp³-hybridized carbons (Fsp3) is 0.333. The molecule has 2 aromatic rings. The van der Waals surface area contributed by atoms with E-state index in [1.54, 1.807) is 12.5 Å². The number of benzene rings is 1. The van der Waals surface area contributed by atoms with E-state index in [1.807, 2.05) is 17.6 Å². The highest BCUT2D eigenvalue weighted by Gasteiger charge is 2.22. The van der Waals surface area contributed by atoms with Crippen LogP contribution in [0.25, 0.3) is 11.3 Å². The number of anilines is 1. The van der Waals surface area contributed by atoms with Crippen molar-refractivity contribution in [3.05, 3.63) is 36.3 Å². The lowest BCUT2D eigenvalue weighted by Gasteiger charge is -2.16. The Labute approximate surface area is 117 Å². The van der Waals surface area contributed by atoms with Gasteiger partial charge in [0, 0.05) is 17.8 Å². The average Bonchev–Trinajstić information content (AvgIpc) is 3.13. The number of carbonyl (C=O) groups excluding carboxylic acids is 1. The van der Waals surface area contributed by atoms with Crippen molar-refractivity contribution in [1.29, 1.82) is 0 Å². The van der Waals surface area contributed by atoms with Crippen LogP contribution in [0.4, 0.5) is 5.69 Å². The highest BCUT2D eigenvalue weighted by atomic mass is 16.5. The minimum atomic E-state index is -0.394. The number of nitrogens with one attached hydrogen (secondary N) is 1. The molecule has 2 heterocycles. The summed E-state index contributed by atoms with van der Waals surface area (Å²) >= 11 is 0. The molecule has 0 radical (unpaired) electrons. The summed E-state index contributed by atoms with van der Waals surface area (Å²) < 4.78 is 6.66. The van der Waals surface area contributed by atoms with Crippen LogP contribution in [0.1, 0.15) is 18.5 Å². The molecular formula is C15H17N3O2. The largest absolute Gasteiger partial charge is 0.467 e. The average molecular weight is 271 g/mol. The molecule has 3 rings (SSSR count). The first-order valence-corrected chi connectivity index (χ1v) is 6.68. The predicted octanol–water partition coefficient (Wildman–Crippen LogP) is 2.25. The molecule has 0 aliphatic carbocycles. The molecule has 0 fully saturated rings. The maximum Gasteiger partial charge on any atom is 0.328 e. The van der Waals surface area contributed by atoms with Crippen molar-refractivity contribution >= 4 is 11.7 Å². The Bertz CT molecular complexity index is 648. The van der Waals surface area contributed by atoms with Crippen LogP contribution in [-0.4, -0.2) is 29.2 Å². The molecule has 104 valence electrons. The van der Waals surface area contributed by atoms with Crippen molar-refractivity contribution in [2.75, 3.05) is 19.0 Å². The van der Waals surface area contributed by atoms with Crippen LogP contribution in [0.15, 0.2) is 30.7 Å². The Kier molecular flexibility index (Phi) is 3.18. The number of imidazole rings is 1. The van der Waals surface area contributed by atoms with Crippen LogP contribution in [0.2, 0.25) is 0 Å². The molecule has 0 saturated heterocycles. The van der Waals surface area contributed by atoms with Gasteiger partial charge in [0.1, 0.15) is 6.04 Å². The Morgan fingerprint density at radius 2 is 2.35 bits per heavy atom. The number of esters is 1. The second kappa shape index (κ2) is 5.00. The highest BCUT2D eigenvalue weighted by Crippen LogP contribution is 2.35. The van der Waals surface area contributed by atoms with Crippen LogP contribution >= 0.6 is 0 Å². The minimum Gasteiger partial charge on any atom is -0.467 e. The second-order valence-corrected chi connectivity index (χ2v) is 4.90. The van der Waals surface area contributed by atoms with Crippen molar-refractivity contribution in [3.8, 4) is 11.3 Å². The van der Waals surface area contributed by atoms with Gasteiger partial charge >= 0.3 is 5.97 Å². The Morgan fingerprint density at radius 1 is 1.50 bits per heavy atom. The topological polar surface area (TPSA) is 56.2 Å². The molecular weight excluding hydrogens is 254 g/mol. The molecule has 0 bridgehead atoms.